The van der Waals surface area contributed by atoms with Gasteiger partial charge in [0.1, 0.15) is 17.5 Å². The fourth-order valence-electron chi connectivity index (χ4n) is 3.13. The molecule has 8 heteroatoms. The lowest BCUT2D eigenvalue weighted by atomic mass is 10.0. The van der Waals surface area contributed by atoms with Crippen molar-refractivity contribution in [2.24, 2.45) is 0 Å². The SMILES string of the molecule is COc1cc(SC)c(OC)cc1CN1Cc2[nH]cnc2CC1C(=O)O. The predicted molar refractivity (Wildman–Crippen MR) is 94.3 cm³/mol. The van der Waals surface area contributed by atoms with Crippen molar-refractivity contribution >= 4 is 17.7 Å². The Hall–Kier alpha value is -2.19. The maximum absolute atomic E-state index is 11.7. The number of aromatic nitrogens is 2. The Balaban J connectivity index is 1.93. The summed E-state index contributed by atoms with van der Waals surface area (Å²) in [5.41, 5.74) is 2.68. The van der Waals surface area contributed by atoms with Gasteiger partial charge in [-0.1, -0.05) is 0 Å². The summed E-state index contributed by atoms with van der Waals surface area (Å²) < 4.78 is 11.0. The number of methoxy groups -OCH3 is 2. The molecule has 0 bridgehead atoms. The van der Waals surface area contributed by atoms with Gasteiger partial charge >= 0.3 is 5.97 Å². The van der Waals surface area contributed by atoms with E-state index >= 15 is 0 Å². The number of ether oxygens (including phenoxy) is 2. The molecular formula is C17H21N3O4S. The third-order valence-electron chi connectivity index (χ3n) is 4.44. The van der Waals surface area contributed by atoms with Crippen molar-refractivity contribution in [3.8, 4) is 11.5 Å². The number of carbonyl (C=O) groups is 1. The van der Waals surface area contributed by atoms with Gasteiger partial charge < -0.3 is 19.6 Å². The Kier molecular flexibility index (Phi) is 5.19. The van der Waals surface area contributed by atoms with E-state index in [4.69, 9.17) is 9.47 Å². The summed E-state index contributed by atoms with van der Waals surface area (Å²) >= 11 is 1.58. The summed E-state index contributed by atoms with van der Waals surface area (Å²) in [6.07, 6.45) is 3.97. The summed E-state index contributed by atoms with van der Waals surface area (Å²) in [6.45, 7) is 0.950. The maximum Gasteiger partial charge on any atom is 0.321 e. The monoisotopic (exact) mass is 363 g/mol. The minimum atomic E-state index is -0.847. The smallest absolute Gasteiger partial charge is 0.321 e. The second-order valence-corrected chi connectivity index (χ2v) is 6.66. The Morgan fingerprint density at radius 1 is 1.40 bits per heavy atom. The fraction of sp³-hybridized carbons (Fsp3) is 0.412. The normalized spacial score (nSPS) is 17.2. The zero-order chi connectivity index (χ0) is 18.0. The zero-order valence-corrected chi connectivity index (χ0v) is 15.2. The number of nitrogens with one attached hydrogen (secondary N) is 1. The van der Waals surface area contributed by atoms with E-state index in [9.17, 15) is 9.90 Å². The highest BCUT2D eigenvalue weighted by Crippen LogP contribution is 2.36. The lowest BCUT2D eigenvalue weighted by Crippen LogP contribution is -2.45. The Morgan fingerprint density at radius 3 is 2.80 bits per heavy atom. The summed E-state index contributed by atoms with van der Waals surface area (Å²) in [5.74, 6) is 0.638. The second-order valence-electron chi connectivity index (χ2n) is 5.81. The summed E-state index contributed by atoms with van der Waals surface area (Å²) in [4.78, 5) is 21.9. The van der Waals surface area contributed by atoms with Gasteiger partial charge in [0.2, 0.25) is 0 Å². The first-order chi connectivity index (χ1) is 12.1. The number of rotatable bonds is 6. The summed E-state index contributed by atoms with van der Waals surface area (Å²) in [5, 5.41) is 9.62. The minimum absolute atomic E-state index is 0.385. The van der Waals surface area contributed by atoms with E-state index < -0.39 is 12.0 Å². The van der Waals surface area contributed by atoms with Gasteiger partial charge in [0.15, 0.2) is 0 Å². The molecule has 1 aromatic carbocycles. The average Bonchev–Trinajstić information content (AvgIpc) is 3.07. The van der Waals surface area contributed by atoms with Crippen LogP contribution in [0.1, 0.15) is 17.0 Å². The molecule has 25 heavy (non-hydrogen) atoms. The van der Waals surface area contributed by atoms with E-state index in [1.54, 1.807) is 32.3 Å². The molecule has 1 unspecified atom stereocenters. The van der Waals surface area contributed by atoms with Crippen LogP contribution in [0.5, 0.6) is 11.5 Å². The van der Waals surface area contributed by atoms with Crippen molar-refractivity contribution in [3.63, 3.8) is 0 Å². The van der Waals surface area contributed by atoms with Crippen LogP contribution in [0, 0.1) is 0 Å². The number of benzene rings is 1. The number of aromatic amines is 1. The molecule has 7 nitrogen and oxygen atoms in total. The standard InChI is InChI=1S/C17H21N3O4S/c1-23-14-6-16(25-3)15(24-2)4-10(14)7-20-8-12-11(18-9-19-12)5-13(20)17(21)22/h4,6,9,13H,5,7-8H2,1-3H3,(H,18,19)(H,21,22). The van der Waals surface area contributed by atoms with E-state index in [0.29, 0.717) is 19.5 Å². The number of imidazole rings is 1. The second kappa shape index (κ2) is 7.37. The Bertz CT molecular complexity index is 777. The van der Waals surface area contributed by atoms with E-state index in [1.807, 2.05) is 23.3 Å². The molecule has 0 aliphatic carbocycles. The van der Waals surface area contributed by atoms with E-state index in [2.05, 4.69) is 9.97 Å². The zero-order valence-electron chi connectivity index (χ0n) is 14.4. The highest BCUT2D eigenvalue weighted by molar-refractivity contribution is 7.98. The van der Waals surface area contributed by atoms with Gasteiger partial charge in [0.05, 0.1) is 36.8 Å². The van der Waals surface area contributed by atoms with Crippen molar-refractivity contribution < 1.29 is 19.4 Å². The molecule has 2 aromatic rings. The third kappa shape index (κ3) is 3.45. The number of hydrogen-bond donors (Lipinski definition) is 2. The van der Waals surface area contributed by atoms with Crippen LogP contribution in [0.4, 0.5) is 0 Å². The van der Waals surface area contributed by atoms with Gasteiger partial charge in [-0.25, -0.2) is 4.98 Å². The first-order valence-electron chi connectivity index (χ1n) is 7.84. The van der Waals surface area contributed by atoms with Gasteiger partial charge in [0.25, 0.3) is 0 Å². The van der Waals surface area contributed by atoms with Gasteiger partial charge in [-0.15, -0.1) is 11.8 Å². The molecule has 1 aliphatic heterocycles. The third-order valence-corrected chi connectivity index (χ3v) is 5.20. The first kappa shape index (κ1) is 17.6. The molecular weight excluding hydrogens is 342 g/mol. The molecule has 0 amide bonds. The summed E-state index contributed by atoms with van der Waals surface area (Å²) in [6, 6.07) is 3.23. The number of nitrogens with zero attached hydrogens (tertiary/aromatic N) is 2. The van der Waals surface area contributed by atoms with E-state index in [1.165, 1.54) is 0 Å². The number of H-pyrrole nitrogens is 1. The minimum Gasteiger partial charge on any atom is -0.496 e. The number of aliphatic carboxylic acids is 1. The molecule has 1 aromatic heterocycles. The number of carboxylic acids is 1. The molecule has 0 spiro atoms. The highest BCUT2D eigenvalue weighted by atomic mass is 32.2. The van der Waals surface area contributed by atoms with Crippen molar-refractivity contribution in [3.05, 3.63) is 35.4 Å². The van der Waals surface area contributed by atoms with Crippen LogP contribution in [-0.4, -0.2) is 52.5 Å². The fourth-order valence-corrected chi connectivity index (χ4v) is 3.70. The lowest BCUT2D eigenvalue weighted by Gasteiger charge is -2.32. The molecule has 134 valence electrons. The Morgan fingerprint density at radius 2 is 2.16 bits per heavy atom. The molecule has 2 heterocycles. The largest absolute Gasteiger partial charge is 0.496 e. The van der Waals surface area contributed by atoms with Crippen LogP contribution in [0.15, 0.2) is 23.4 Å². The lowest BCUT2D eigenvalue weighted by molar-refractivity contribution is -0.144. The van der Waals surface area contributed by atoms with Gasteiger partial charge in [-0.2, -0.15) is 0 Å². The van der Waals surface area contributed by atoms with Crippen molar-refractivity contribution in [2.75, 3.05) is 20.5 Å². The van der Waals surface area contributed by atoms with Crippen molar-refractivity contribution in [1.82, 2.24) is 14.9 Å². The number of carboxylic acid groups (broad SMARTS) is 1. The van der Waals surface area contributed by atoms with E-state index in [0.717, 1.165) is 33.3 Å². The number of fused-ring (bicyclic) bond motifs is 1. The molecule has 3 rings (SSSR count). The number of hydrogen-bond acceptors (Lipinski definition) is 6. The highest BCUT2D eigenvalue weighted by Gasteiger charge is 2.33. The van der Waals surface area contributed by atoms with Crippen LogP contribution >= 0.6 is 11.8 Å². The van der Waals surface area contributed by atoms with Crippen molar-refractivity contribution in [2.45, 2.75) is 30.4 Å². The van der Waals surface area contributed by atoms with Gasteiger partial charge in [0, 0.05) is 25.1 Å². The average molecular weight is 363 g/mol. The van der Waals surface area contributed by atoms with E-state index in [-0.39, 0.29) is 0 Å². The topological polar surface area (TPSA) is 87.7 Å². The van der Waals surface area contributed by atoms with Crippen LogP contribution in [-0.2, 0) is 24.3 Å². The van der Waals surface area contributed by atoms with Crippen LogP contribution < -0.4 is 9.47 Å². The molecule has 0 saturated heterocycles. The van der Waals surface area contributed by atoms with Crippen LogP contribution in [0.3, 0.4) is 0 Å². The molecule has 0 radical (unpaired) electrons. The molecule has 1 aliphatic rings. The van der Waals surface area contributed by atoms with Gasteiger partial charge in [-0.05, 0) is 18.4 Å². The van der Waals surface area contributed by atoms with Crippen LogP contribution in [0.2, 0.25) is 0 Å². The van der Waals surface area contributed by atoms with Crippen LogP contribution in [0.25, 0.3) is 0 Å². The van der Waals surface area contributed by atoms with Gasteiger partial charge in [-0.3, -0.25) is 9.69 Å². The molecule has 2 N–H and O–H groups in total. The number of thioether (sulfide) groups is 1. The molecule has 0 saturated carbocycles. The molecule has 1 atom stereocenters. The Labute approximate surface area is 150 Å². The van der Waals surface area contributed by atoms with Crippen molar-refractivity contribution in [1.29, 1.82) is 0 Å². The molecule has 0 fully saturated rings. The predicted octanol–water partition coefficient (Wildman–Crippen LogP) is 2.16. The maximum atomic E-state index is 11.7. The first-order valence-corrected chi connectivity index (χ1v) is 9.06. The quantitative estimate of drug-likeness (QED) is 0.761. The summed E-state index contributed by atoms with van der Waals surface area (Å²) in [7, 11) is 3.25.